The third kappa shape index (κ3) is 4.34. The first kappa shape index (κ1) is 19.9. The smallest absolute Gasteiger partial charge is 0.252 e. The maximum Gasteiger partial charge on any atom is 0.252 e. The quantitative estimate of drug-likeness (QED) is 0.762. The molecule has 27 heavy (non-hydrogen) atoms. The SMILES string of the molecule is COc1ccc(C)cc1CC(=O)N1CCN(S(=O)(=O)c2ccc(C)s2)CC1. The molecular formula is C19H24N2O4S2. The van der Waals surface area contributed by atoms with Gasteiger partial charge in [0, 0.05) is 36.6 Å². The number of ether oxygens (including phenoxy) is 1. The number of sulfonamides is 1. The summed E-state index contributed by atoms with van der Waals surface area (Å²) < 4.78 is 32.6. The molecule has 6 nitrogen and oxygen atoms in total. The molecule has 2 heterocycles. The predicted molar refractivity (Wildman–Crippen MR) is 106 cm³/mol. The van der Waals surface area contributed by atoms with Crippen molar-refractivity contribution in [2.24, 2.45) is 0 Å². The van der Waals surface area contributed by atoms with Crippen LogP contribution in [0.25, 0.3) is 0 Å². The fourth-order valence-electron chi connectivity index (χ4n) is 3.18. The van der Waals surface area contributed by atoms with Gasteiger partial charge in [-0.25, -0.2) is 8.42 Å². The average molecular weight is 409 g/mol. The summed E-state index contributed by atoms with van der Waals surface area (Å²) in [4.78, 5) is 15.4. The van der Waals surface area contributed by atoms with Crippen LogP contribution < -0.4 is 4.74 Å². The van der Waals surface area contributed by atoms with Crippen molar-refractivity contribution in [3.63, 3.8) is 0 Å². The van der Waals surface area contributed by atoms with Crippen LogP contribution >= 0.6 is 11.3 Å². The minimum atomic E-state index is -3.47. The summed E-state index contributed by atoms with van der Waals surface area (Å²) in [6.07, 6.45) is 0.252. The molecule has 0 N–H and O–H groups in total. The number of hydrogen-bond donors (Lipinski definition) is 0. The van der Waals surface area contributed by atoms with E-state index in [0.717, 1.165) is 16.0 Å². The van der Waals surface area contributed by atoms with Crippen molar-refractivity contribution < 1.29 is 17.9 Å². The van der Waals surface area contributed by atoms with Crippen LogP contribution in [-0.2, 0) is 21.2 Å². The Hall–Kier alpha value is -1.90. The van der Waals surface area contributed by atoms with Crippen molar-refractivity contribution in [1.82, 2.24) is 9.21 Å². The molecule has 1 aliphatic rings. The summed E-state index contributed by atoms with van der Waals surface area (Å²) >= 11 is 1.28. The van der Waals surface area contributed by atoms with E-state index in [-0.39, 0.29) is 12.3 Å². The summed E-state index contributed by atoms with van der Waals surface area (Å²) in [7, 11) is -1.88. The number of carbonyl (C=O) groups is 1. The van der Waals surface area contributed by atoms with Gasteiger partial charge in [0.25, 0.3) is 10.0 Å². The van der Waals surface area contributed by atoms with E-state index in [9.17, 15) is 13.2 Å². The fraction of sp³-hybridized carbons (Fsp3) is 0.421. The maximum atomic E-state index is 12.7. The van der Waals surface area contributed by atoms with Crippen LogP contribution in [0.5, 0.6) is 5.75 Å². The minimum Gasteiger partial charge on any atom is -0.496 e. The largest absolute Gasteiger partial charge is 0.496 e. The van der Waals surface area contributed by atoms with Gasteiger partial charge in [0.2, 0.25) is 5.91 Å². The third-order valence-corrected chi connectivity index (χ3v) is 8.05. The molecule has 1 aromatic heterocycles. The lowest BCUT2D eigenvalue weighted by molar-refractivity contribution is -0.131. The number of amides is 1. The van der Waals surface area contributed by atoms with E-state index in [2.05, 4.69) is 0 Å². The Balaban J connectivity index is 1.64. The van der Waals surface area contributed by atoms with Crippen molar-refractivity contribution >= 4 is 27.3 Å². The van der Waals surface area contributed by atoms with E-state index in [1.807, 2.05) is 38.1 Å². The van der Waals surface area contributed by atoms with Crippen LogP contribution in [0.1, 0.15) is 16.0 Å². The number of aryl methyl sites for hydroxylation is 2. The molecule has 1 aliphatic heterocycles. The molecule has 0 aliphatic carbocycles. The number of methoxy groups -OCH3 is 1. The van der Waals surface area contributed by atoms with Gasteiger partial charge in [0.05, 0.1) is 13.5 Å². The van der Waals surface area contributed by atoms with Crippen LogP contribution in [-0.4, -0.2) is 56.8 Å². The van der Waals surface area contributed by atoms with Crippen molar-refractivity contribution in [3.8, 4) is 5.75 Å². The topological polar surface area (TPSA) is 66.9 Å². The molecule has 1 aromatic carbocycles. The highest BCUT2D eigenvalue weighted by Crippen LogP contribution is 2.26. The standard InChI is InChI=1S/C19H24N2O4S2/c1-14-4-6-17(25-3)16(12-14)13-18(22)20-8-10-21(11-9-20)27(23,24)19-7-5-15(2)26-19/h4-7,12H,8-11,13H2,1-3H3. The molecule has 1 fully saturated rings. The molecule has 146 valence electrons. The summed E-state index contributed by atoms with van der Waals surface area (Å²) in [5, 5.41) is 0. The Morgan fingerprint density at radius 1 is 1.11 bits per heavy atom. The lowest BCUT2D eigenvalue weighted by Gasteiger charge is -2.33. The molecule has 1 saturated heterocycles. The molecule has 8 heteroatoms. The second-order valence-electron chi connectivity index (χ2n) is 6.64. The number of nitrogens with zero attached hydrogens (tertiary/aromatic N) is 2. The highest BCUT2D eigenvalue weighted by atomic mass is 32.2. The average Bonchev–Trinajstić information content (AvgIpc) is 3.09. The maximum absolute atomic E-state index is 12.7. The van der Waals surface area contributed by atoms with Crippen molar-refractivity contribution in [3.05, 3.63) is 46.3 Å². The predicted octanol–water partition coefficient (Wildman–Crippen LogP) is 2.45. The van der Waals surface area contributed by atoms with E-state index >= 15 is 0 Å². The Bertz CT molecular complexity index is 929. The number of piperazine rings is 1. The van der Waals surface area contributed by atoms with Gasteiger partial charge in [0.1, 0.15) is 9.96 Å². The molecule has 3 rings (SSSR count). The molecular weight excluding hydrogens is 384 g/mol. The van der Waals surface area contributed by atoms with Crippen molar-refractivity contribution in [2.45, 2.75) is 24.5 Å². The molecule has 0 spiro atoms. The number of hydrogen-bond acceptors (Lipinski definition) is 5. The van der Waals surface area contributed by atoms with Gasteiger partial charge in [-0.1, -0.05) is 17.7 Å². The molecule has 2 aromatic rings. The van der Waals surface area contributed by atoms with Gasteiger partial charge in [-0.3, -0.25) is 4.79 Å². The monoisotopic (exact) mass is 408 g/mol. The Labute approximate surface area is 164 Å². The molecule has 1 amide bonds. The zero-order chi connectivity index (χ0) is 19.6. The first-order valence-electron chi connectivity index (χ1n) is 8.79. The first-order chi connectivity index (χ1) is 12.8. The lowest BCUT2D eigenvalue weighted by Crippen LogP contribution is -2.50. The number of thiophene rings is 1. The van der Waals surface area contributed by atoms with Crippen LogP contribution in [0, 0.1) is 13.8 Å². The van der Waals surface area contributed by atoms with Gasteiger partial charge in [-0.15, -0.1) is 11.3 Å². The van der Waals surface area contributed by atoms with Gasteiger partial charge in [-0.05, 0) is 32.0 Å². The summed E-state index contributed by atoms with van der Waals surface area (Å²) in [5.41, 5.74) is 1.92. The summed E-state index contributed by atoms with van der Waals surface area (Å²) in [6.45, 7) is 5.29. The van der Waals surface area contributed by atoms with E-state index in [1.54, 1.807) is 18.1 Å². The van der Waals surface area contributed by atoms with Crippen molar-refractivity contribution in [1.29, 1.82) is 0 Å². The van der Waals surface area contributed by atoms with Crippen LogP contribution in [0.15, 0.2) is 34.5 Å². The summed E-state index contributed by atoms with van der Waals surface area (Å²) in [6, 6.07) is 9.23. The van der Waals surface area contributed by atoms with E-state index in [1.165, 1.54) is 15.6 Å². The van der Waals surface area contributed by atoms with Crippen molar-refractivity contribution in [2.75, 3.05) is 33.3 Å². The minimum absolute atomic E-state index is 0.0112. The molecule has 0 saturated carbocycles. The van der Waals surface area contributed by atoms with Gasteiger partial charge in [0.15, 0.2) is 0 Å². The Morgan fingerprint density at radius 3 is 2.41 bits per heavy atom. The van der Waals surface area contributed by atoms with Crippen LogP contribution in [0.4, 0.5) is 0 Å². The van der Waals surface area contributed by atoms with Crippen LogP contribution in [0.2, 0.25) is 0 Å². The third-order valence-electron chi connectivity index (χ3n) is 4.68. The normalized spacial score (nSPS) is 15.7. The van der Waals surface area contributed by atoms with Gasteiger partial charge in [-0.2, -0.15) is 4.31 Å². The number of benzene rings is 1. The highest BCUT2D eigenvalue weighted by molar-refractivity contribution is 7.91. The second-order valence-corrected chi connectivity index (χ2v) is 10.1. The van der Waals surface area contributed by atoms with E-state index in [0.29, 0.717) is 36.1 Å². The van der Waals surface area contributed by atoms with Gasteiger partial charge >= 0.3 is 0 Å². The first-order valence-corrected chi connectivity index (χ1v) is 11.0. The fourth-order valence-corrected chi connectivity index (χ4v) is 6.04. The zero-order valence-electron chi connectivity index (χ0n) is 15.8. The molecule has 0 unspecified atom stereocenters. The van der Waals surface area contributed by atoms with E-state index < -0.39 is 10.0 Å². The molecule has 0 radical (unpaired) electrons. The second kappa shape index (κ2) is 8.00. The molecule has 0 bridgehead atoms. The number of rotatable bonds is 5. The summed E-state index contributed by atoms with van der Waals surface area (Å²) in [5.74, 6) is 0.686. The highest BCUT2D eigenvalue weighted by Gasteiger charge is 2.31. The van der Waals surface area contributed by atoms with Gasteiger partial charge < -0.3 is 9.64 Å². The zero-order valence-corrected chi connectivity index (χ0v) is 17.4. The molecule has 0 atom stereocenters. The number of carbonyl (C=O) groups excluding carboxylic acids is 1. The Kier molecular flexibility index (Phi) is 5.88. The van der Waals surface area contributed by atoms with Crippen LogP contribution in [0.3, 0.4) is 0 Å². The lowest BCUT2D eigenvalue weighted by atomic mass is 10.1. The van der Waals surface area contributed by atoms with E-state index in [4.69, 9.17) is 4.74 Å². The Morgan fingerprint density at radius 2 is 1.81 bits per heavy atom.